The summed E-state index contributed by atoms with van der Waals surface area (Å²) in [4.78, 5) is 0. The van der Waals surface area contributed by atoms with Crippen molar-refractivity contribution in [1.82, 2.24) is 5.32 Å². The summed E-state index contributed by atoms with van der Waals surface area (Å²) in [6.45, 7) is 4.25. The Kier molecular flexibility index (Phi) is 3.97. The van der Waals surface area contributed by atoms with E-state index in [1.165, 1.54) is 6.07 Å². The molecule has 3 nitrogen and oxygen atoms in total. The van der Waals surface area contributed by atoms with Gasteiger partial charge in [-0.15, -0.1) is 0 Å². The van der Waals surface area contributed by atoms with Crippen molar-refractivity contribution in [3.05, 3.63) is 29.6 Å². The minimum atomic E-state index is -0.281. The fraction of sp³-hybridized carbons (Fsp3) is 0.538. The number of methoxy groups -OCH3 is 1. The van der Waals surface area contributed by atoms with Gasteiger partial charge in [-0.2, -0.15) is 0 Å². The standard InChI is InChI=1S/C13H18FNO2/c1-9-6-15-7-12(17-8-9)13-10(14)4-3-5-11(13)16-2/h3-5,9,12,15H,6-8H2,1-2H3. The summed E-state index contributed by atoms with van der Waals surface area (Å²) in [6, 6.07) is 4.84. The minimum Gasteiger partial charge on any atom is -0.496 e. The molecule has 4 heteroatoms. The second-order valence-corrected chi connectivity index (χ2v) is 4.44. The third kappa shape index (κ3) is 2.76. The normalized spacial score (nSPS) is 25.4. The lowest BCUT2D eigenvalue weighted by molar-refractivity contribution is 0.0476. The van der Waals surface area contributed by atoms with Crippen molar-refractivity contribution in [1.29, 1.82) is 0 Å². The Morgan fingerprint density at radius 1 is 1.41 bits per heavy atom. The highest BCUT2D eigenvalue weighted by Crippen LogP contribution is 2.31. The van der Waals surface area contributed by atoms with Gasteiger partial charge in [-0.25, -0.2) is 4.39 Å². The van der Waals surface area contributed by atoms with Gasteiger partial charge >= 0.3 is 0 Å². The van der Waals surface area contributed by atoms with E-state index in [0.29, 0.717) is 30.4 Å². The first-order valence-electron chi connectivity index (χ1n) is 5.87. The van der Waals surface area contributed by atoms with Crippen LogP contribution in [0.4, 0.5) is 4.39 Å². The second-order valence-electron chi connectivity index (χ2n) is 4.44. The van der Waals surface area contributed by atoms with Crippen LogP contribution in [0, 0.1) is 11.7 Å². The van der Waals surface area contributed by atoms with Crippen molar-refractivity contribution >= 4 is 0 Å². The molecular weight excluding hydrogens is 221 g/mol. The van der Waals surface area contributed by atoms with Crippen LogP contribution in [-0.4, -0.2) is 26.8 Å². The zero-order valence-electron chi connectivity index (χ0n) is 10.2. The molecule has 94 valence electrons. The first-order chi connectivity index (χ1) is 8.22. The number of rotatable bonds is 2. The second kappa shape index (κ2) is 5.47. The molecule has 2 unspecified atom stereocenters. The van der Waals surface area contributed by atoms with Crippen LogP contribution in [0.25, 0.3) is 0 Å². The highest BCUT2D eigenvalue weighted by atomic mass is 19.1. The van der Waals surface area contributed by atoms with E-state index >= 15 is 0 Å². The van der Waals surface area contributed by atoms with Crippen LogP contribution in [0.2, 0.25) is 0 Å². The lowest BCUT2D eigenvalue weighted by Crippen LogP contribution is -2.23. The number of nitrogens with one attached hydrogen (secondary N) is 1. The van der Waals surface area contributed by atoms with Crippen LogP contribution in [0.1, 0.15) is 18.6 Å². The van der Waals surface area contributed by atoms with Gasteiger partial charge in [-0.05, 0) is 18.1 Å². The molecule has 0 aliphatic carbocycles. The number of ether oxygens (including phenoxy) is 2. The summed E-state index contributed by atoms with van der Waals surface area (Å²) < 4.78 is 24.8. The molecule has 0 spiro atoms. The molecule has 0 radical (unpaired) electrons. The van der Waals surface area contributed by atoms with Gasteiger partial charge in [0.1, 0.15) is 17.7 Å². The highest BCUT2D eigenvalue weighted by Gasteiger charge is 2.23. The zero-order valence-corrected chi connectivity index (χ0v) is 10.2. The quantitative estimate of drug-likeness (QED) is 0.857. The Bertz CT molecular complexity index is 384. The van der Waals surface area contributed by atoms with E-state index in [9.17, 15) is 4.39 Å². The Morgan fingerprint density at radius 3 is 3.00 bits per heavy atom. The largest absolute Gasteiger partial charge is 0.496 e. The van der Waals surface area contributed by atoms with E-state index in [1.807, 2.05) is 0 Å². The molecule has 1 heterocycles. The summed E-state index contributed by atoms with van der Waals surface area (Å²) in [5.74, 6) is 0.717. The van der Waals surface area contributed by atoms with Gasteiger partial charge in [0.2, 0.25) is 0 Å². The van der Waals surface area contributed by atoms with Gasteiger partial charge in [0.05, 0.1) is 19.3 Å². The summed E-state index contributed by atoms with van der Waals surface area (Å²) in [5.41, 5.74) is 0.511. The molecule has 1 aliphatic rings. The first-order valence-corrected chi connectivity index (χ1v) is 5.87. The maximum atomic E-state index is 13.9. The zero-order chi connectivity index (χ0) is 12.3. The summed E-state index contributed by atoms with van der Waals surface area (Å²) >= 11 is 0. The maximum Gasteiger partial charge on any atom is 0.132 e. The molecule has 1 aromatic rings. The van der Waals surface area contributed by atoms with Crippen molar-refractivity contribution < 1.29 is 13.9 Å². The predicted octanol–water partition coefficient (Wildman–Crippen LogP) is 2.13. The van der Waals surface area contributed by atoms with Crippen molar-refractivity contribution in [3.63, 3.8) is 0 Å². The Labute approximate surface area is 101 Å². The monoisotopic (exact) mass is 239 g/mol. The molecule has 0 saturated carbocycles. The highest BCUT2D eigenvalue weighted by molar-refractivity contribution is 5.36. The third-order valence-corrected chi connectivity index (χ3v) is 2.96. The molecule has 0 amide bonds. The van der Waals surface area contributed by atoms with Gasteiger partial charge in [0, 0.05) is 13.1 Å². The van der Waals surface area contributed by atoms with Crippen LogP contribution in [-0.2, 0) is 4.74 Å². The van der Waals surface area contributed by atoms with Crippen LogP contribution in [0.3, 0.4) is 0 Å². The van der Waals surface area contributed by atoms with Gasteiger partial charge in [-0.3, -0.25) is 0 Å². The first kappa shape index (κ1) is 12.3. The van der Waals surface area contributed by atoms with Gasteiger partial charge in [0.15, 0.2) is 0 Å². The molecule has 2 rings (SSSR count). The average Bonchev–Trinajstić information content (AvgIpc) is 2.54. The Balaban J connectivity index is 2.26. The SMILES string of the molecule is COc1cccc(F)c1C1CNCC(C)CO1. The van der Waals surface area contributed by atoms with E-state index in [0.717, 1.165) is 6.54 Å². The minimum absolute atomic E-state index is 0.272. The Hall–Kier alpha value is -1.13. The molecule has 0 aromatic heterocycles. The molecule has 1 aliphatic heterocycles. The Morgan fingerprint density at radius 2 is 2.24 bits per heavy atom. The molecule has 2 atom stereocenters. The van der Waals surface area contributed by atoms with Gasteiger partial charge < -0.3 is 14.8 Å². The summed E-state index contributed by atoms with van der Waals surface area (Å²) in [7, 11) is 1.55. The number of benzene rings is 1. The van der Waals surface area contributed by atoms with Crippen molar-refractivity contribution in [2.75, 3.05) is 26.8 Å². The lowest BCUT2D eigenvalue weighted by atomic mass is 10.1. The number of halogens is 1. The smallest absolute Gasteiger partial charge is 0.132 e. The van der Waals surface area contributed by atoms with Crippen molar-refractivity contribution in [2.24, 2.45) is 5.92 Å². The topological polar surface area (TPSA) is 30.5 Å². The molecule has 1 saturated heterocycles. The fourth-order valence-corrected chi connectivity index (χ4v) is 2.05. The molecule has 17 heavy (non-hydrogen) atoms. The summed E-state index contributed by atoms with van der Waals surface area (Å²) in [5, 5.41) is 3.28. The van der Waals surface area contributed by atoms with Gasteiger partial charge in [-0.1, -0.05) is 13.0 Å². The number of hydrogen-bond donors (Lipinski definition) is 1. The molecule has 0 bridgehead atoms. The maximum absolute atomic E-state index is 13.9. The van der Waals surface area contributed by atoms with E-state index in [4.69, 9.17) is 9.47 Å². The molecule has 1 aromatic carbocycles. The van der Waals surface area contributed by atoms with Crippen LogP contribution in [0.5, 0.6) is 5.75 Å². The van der Waals surface area contributed by atoms with Crippen LogP contribution >= 0.6 is 0 Å². The van der Waals surface area contributed by atoms with Crippen molar-refractivity contribution in [2.45, 2.75) is 13.0 Å². The summed E-state index contributed by atoms with van der Waals surface area (Å²) in [6.07, 6.45) is -0.281. The van der Waals surface area contributed by atoms with Gasteiger partial charge in [0.25, 0.3) is 0 Å². The van der Waals surface area contributed by atoms with E-state index in [-0.39, 0.29) is 11.9 Å². The number of hydrogen-bond acceptors (Lipinski definition) is 3. The lowest BCUT2D eigenvalue weighted by Gasteiger charge is -2.19. The van der Waals surface area contributed by atoms with Crippen LogP contribution < -0.4 is 10.1 Å². The van der Waals surface area contributed by atoms with E-state index in [1.54, 1.807) is 19.2 Å². The third-order valence-electron chi connectivity index (χ3n) is 2.96. The fourth-order valence-electron chi connectivity index (χ4n) is 2.05. The molecule has 1 fully saturated rings. The van der Waals surface area contributed by atoms with Crippen LogP contribution in [0.15, 0.2) is 18.2 Å². The van der Waals surface area contributed by atoms with Crippen molar-refractivity contribution in [3.8, 4) is 5.75 Å². The van der Waals surface area contributed by atoms with E-state index < -0.39 is 0 Å². The average molecular weight is 239 g/mol. The van der Waals surface area contributed by atoms with E-state index in [2.05, 4.69) is 12.2 Å². The predicted molar refractivity (Wildman–Crippen MR) is 63.7 cm³/mol. The molecular formula is C13H18FNO2. The molecule has 1 N–H and O–H groups in total.